The molecule has 60 heavy (non-hydrogen) atoms. The first-order valence-electron chi connectivity index (χ1n) is 16.8. The summed E-state index contributed by atoms with van der Waals surface area (Å²) < 4.78 is 19.5. The summed E-state index contributed by atoms with van der Waals surface area (Å²) in [6, 6.07) is 21.7. The number of rotatable bonds is 5. The number of nitrogens with two attached hydrogens (primary N) is 2. The SMILES string of the molecule is C=CC(=O)OCC.CCOC(=O)/C=C/c1cccnc1N.CC[O-].Clc1ccc2cccnc2n1.Nc1ncccc1Br.O=P(Cl)(Cl)Cl.O=c1ccc2cccnc2[nH]1.[Na+]. The van der Waals surface area contributed by atoms with Crippen LogP contribution in [0.15, 0.2) is 126 Å². The smallest absolute Gasteiger partial charge is 0.855 e. The van der Waals surface area contributed by atoms with Crippen LogP contribution in [0.3, 0.4) is 0 Å². The van der Waals surface area contributed by atoms with E-state index in [0.717, 1.165) is 21.3 Å². The largest absolute Gasteiger partial charge is 1.00 e. The minimum absolute atomic E-state index is 0. The van der Waals surface area contributed by atoms with E-state index in [1.54, 1.807) is 75.9 Å². The molecule has 0 aromatic carbocycles. The first kappa shape index (κ1) is 58.2. The molecule has 6 aromatic rings. The van der Waals surface area contributed by atoms with Gasteiger partial charge in [-0.15, -0.1) is 6.61 Å². The number of fused-ring (bicyclic) bond motifs is 2. The summed E-state index contributed by atoms with van der Waals surface area (Å²) in [5.74, 6) is 0.193. The number of pyridine rings is 6. The third-order valence-corrected chi connectivity index (χ3v) is 6.60. The maximum absolute atomic E-state index is 11.0. The average Bonchev–Trinajstić information content (AvgIpc) is 3.19. The number of nitrogen functional groups attached to an aromatic ring is 2. The fraction of sp³-hybridized carbons (Fsp3) is 0.158. The van der Waals surface area contributed by atoms with Gasteiger partial charge in [-0.3, -0.25) is 9.36 Å². The van der Waals surface area contributed by atoms with Gasteiger partial charge in [0.05, 0.1) is 17.7 Å². The number of hydrogen-bond donors (Lipinski definition) is 3. The second-order valence-electron chi connectivity index (χ2n) is 10.0. The number of carbonyl (C=O) groups is 2. The van der Waals surface area contributed by atoms with Gasteiger partial charge in [0, 0.05) is 59.3 Å². The molecule has 15 nitrogen and oxygen atoms in total. The first-order chi connectivity index (χ1) is 28.0. The van der Waals surface area contributed by atoms with Crippen molar-refractivity contribution in [2.75, 3.05) is 31.3 Å². The molecule has 22 heteroatoms. The zero-order valence-electron chi connectivity index (χ0n) is 32.9. The molecule has 0 aliphatic rings. The number of nitrogens with one attached hydrogen (secondary N) is 1. The zero-order valence-corrected chi connectivity index (χ0v) is 40.4. The second-order valence-corrected chi connectivity index (χ2v) is 17.9. The molecular weight excluding hydrogens is 956 g/mol. The van der Waals surface area contributed by atoms with Crippen LogP contribution < -0.4 is 51.7 Å². The van der Waals surface area contributed by atoms with Crippen LogP contribution in [0.5, 0.6) is 0 Å². The van der Waals surface area contributed by atoms with Gasteiger partial charge < -0.3 is 31.0 Å². The van der Waals surface area contributed by atoms with Crippen LogP contribution in [0.2, 0.25) is 5.15 Å². The molecule has 316 valence electrons. The molecule has 6 rings (SSSR count). The minimum Gasteiger partial charge on any atom is -0.855 e. The van der Waals surface area contributed by atoms with Crippen molar-refractivity contribution in [1.29, 1.82) is 0 Å². The topological polar surface area (TPSA) is 242 Å². The molecule has 0 amide bonds. The number of halogens is 5. The minimum atomic E-state index is -3.22. The van der Waals surface area contributed by atoms with E-state index >= 15 is 0 Å². The van der Waals surface area contributed by atoms with Gasteiger partial charge >= 0.3 is 46.7 Å². The number of carbonyl (C=O) groups excluding carboxylic acids is 2. The van der Waals surface area contributed by atoms with Gasteiger partial charge in [-0.2, -0.15) is 0 Å². The fourth-order valence-corrected chi connectivity index (χ4v) is 3.83. The van der Waals surface area contributed by atoms with Gasteiger partial charge in [-0.05, 0) is 136 Å². The predicted octanol–water partition coefficient (Wildman–Crippen LogP) is 5.79. The van der Waals surface area contributed by atoms with Crippen molar-refractivity contribution in [2.24, 2.45) is 0 Å². The summed E-state index contributed by atoms with van der Waals surface area (Å²) in [7, 11) is 0. The molecule has 6 aromatic heterocycles. The van der Waals surface area contributed by atoms with E-state index in [1.165, 1.54) is 12.1 Å². The third kappa shape index (κ3) is 30.1. The second kappa shape index (κ2) is 34.7. The molecule has 0 bridgehead atoms. The van der Waals surface area contributed by atoms with Gasteiger partial charge in [0.1, 0.15) is 22.4 Å². The summed E-state index contributed by atoms with van der Waals surface area (Å²) >= 11 is 22.7. The monoisotopic (exact) mass is 994 g/mol. The number of ether oxygens (including phenoxy) is 2. The number of aromatic nitrogens is 6. The van der Waals surface area contributed by atoms with Crippen LogP contribution in [0.4, 0.5) is 11.6 Å². The Labute approximate surface area is 397 Å². The van der Waals surface area contributed by atoms with Crippen LogP contribution in [0, 0.1) is 0 Å². The van der Waals surface area contributed by atoms with Crippen LogP contribution in [0.25, 0.3) is 28.1 Å². The molecule has 0 saturated heterocycles. The van der Waals surface area contributed by atoms with E-state index in [4.69, 9.17) is 32.9 Å². The van der Waals surface area contributed by atoms with Gasteiger partial charge in [0.2, 0.25) is 5.56 Å². The summed E-state index contributed by atoms with van der Waals surface area (Å²) in [6.07, 6.45) is 10.7. The standard InChI is InChI=1S/C10H12N2O2.C8H5ClN2.C8H6N2O.C5H5BrN2.C5H8O2.C2H5O.Cl3OP.Na/c1-2-14-9(13)6-5-8-4-3-7-12-10(8)11;9-7-4-3-6-2-1-5-10-8(6)11-7;11-7-4-3-6-2-1-5-9-8(6)10-7;6-4-2-1-3-8-5(4)7;1-3-5(6)7-4-2;1-2-3;1-5(2,3)4;/h3-7H,2H2,1H3,(H2,11,12);1-5H;1-5H,(H,9,10,11);1-3H,(H2,7,8);3H,1,4H2,2H3;2H2,1H3;;/q;;;;;-1;;+1/b6-5+;;;;;;;. The van der Waals surface area contributed by atoms with E-state index < -0.39 is 5.20 Å². The molecule has 6 heterocycles. The van der Waals surface area contributed by atoms with Crippen molar-refractivity contribution in [3.63, 3.8) is 0 Å². The predicted molar refractivity (Wildman–Crippen MR) is 240 cm³/mol. The number of aromatic amines is 1. The van der Waals surface area contributed by atoms with E-state index in [0.29, 0.717) is 46.9 Å². The van der Waals surface area contributed by atoms with Gasteiger partial charge in [0.15, 0.2) is 5.65 Å². The summed E-state index contributed by atoms with van der Waals surface area (Å²) in [4.78, 5) is 54.2. The summed E-state index contributed by atoms with van der Waals surface area (Å²) in [5, 5.41) is 8.15. The van der Waals surface area contributed by atoms with Crippen molar-refractivity contribution in [3.05, 3.63) is 142 Å². The van der Waals surface area contributed by atoms with E-state index in [9.17, 15) is 18.9 Å². The van der Waals surface area contributed by atoms with Crippen LogP contribution >= 0.6 is 66.5 Å². The van der Waals surface area contributed by atoms with E-state index in [2.05, 4.69) is 90.9 Å². The Morgan fingerprint density at radius 2 is 1.32 bits per heavy atom. The number of hydrogen-bond acceptors (Lipinski definition) is 14. The Hall–Kier alpha value is -3.93. The molecule has 0 aliphatic carbocycles. The molecule has 0 aliphatic heterocycles. The normalized spacial score (nSPS) is 9.55. The van der Waals surface area contributed by atoms with Crippen molar-refractivity contribution in [3.8, 4) is 0 Å². The maximum atomic E-state index is 11.0. The van der Waals surface area contributed by atoms with Crippen molar-refractivity contribution in [2.45, 2.75) is 20.8 Å². The molecule has 0 spiro atoms. The Morgan fingerprint density at radius 1 is 0.817 bits per heavy atom. The van der Waals surface area contributed by atoms with Gasteiger partial charge in [0.25, 0.3) is 0 Å². The van der Waals surface area contributed by atoms with Gasteiger partial charge in [-0.25, -0.2) is 34.5 Å². The first-order valence-corrected chi connectivity index (χ1v) is 22.4. The Bertz CT molecular complexity index is 2280. The molecule has 0 fully saturated rings. The molecular formula is C38H41BrCl4N8NaO7P. The number of anilines is 2. The van der Waals surface area contributed by atoms with E-state index in [-0.39, 0.29) is 53.7 Å². The quantitative estimate of drug-likeness (QED) is 0.0609. The van der Waals surface area contributed by atoms with Gasteiger partial charge in [-0.1, -0.05) is 25.1 Å². The van der Waals surface area contributed by atoms with Crippen molar-refractivity contribution in [1.82, 2.24) is 29.9 Å². The number of esters is 2. The van der Waals surface area contributed by atoms with E-state index in [1.807, 2.05) is 42.5 Å². The number of H-pyrrole nitrogens is 1. The van der Waals surface area contributed by atoms with Crippen LogP contribution in [-0.2, 0) is 23.6 Å². The van der Waals surface area contributed by atoms with Crippen molar-refractivity contribution < 1.29 is 58.3 Å². The fourth-order valence-electron chi connectivity index (χ4n) is 3.43. The molecule has 5 N–H and O–H groups in total. The Morgan fingerprint density at radius 3 is 1.83 bits per heavy atom. The molecule has 0 saturated carbocycles. The number of nitrogens with zero attached hydrogens (tertiary/aromatic N) is 5. The summed E-state index contributed by atoms with van der Waals surface area (Å²) in [5.41, 5.74) is 12.9. The maximum Gasteiger partial charge on any atom is 1.00 e. The van der Waals surface area contributed by atoms with Crippen molar-refractivity contribution >= 4 is 118 Å². The Balaban J connectivity index is 0. The average molecular weight is 997 g/mol. The summed E-state index contributed by atoms with van der Waals surface area (Å²) in [6.45, 7) is 9.07. The Kier molecular flexibility index (Phi) is 33.7. The zero-order chi connectivity index (χ0) is 44.6. The van der Waals surface area contributed by atoms with Crippen LogP contribution in [0.1, 0.15) is 26.3 Å². The van der Waals surface area contributed by atoms with Crippen LogP contribution in [-0.4, -0.2) is 61.7 Å². The molecule has 0 atom stereocenters. The third-order valence-electron chi connectivity index (χ3n) is 5.72. The molecule has 0 unspecified atom stereocenters. The molecule has 0 radical (unpaired) electrons.